The molecule has 1 aromatic rings. The Morgan fingerprint density at radius 3 is 2.47 bits per heavy atom. The summed E-state index contributed by atoms with van der Waals surface area (Å²) in [5.41, 5.74) is 1.54. The zero-order chi connectivity index (χ0) is 12.8. The van der Waals surface area contributed by atoms with E-state index >= 15 is 0 Å². The molecule has 1 saturated carbocycles. The van der Waals surface area contributed by atoms with E-state index in [-0.39, 0.29) is 5.41 Å². The van der Waals surface area contributed by atoms with Crippen LogP contribution in [0.2, 0.25) is 5.15 Å². The van der Waals surface area contributed by atoms with Gasteiger partial charge in [-0.15, -0.1) is 0 Å². The molecule has 0 radical (unpaired) electrons. The van der Waals surface area contributed by atoms with E-state index in [1.807, 2.05) is 14.0 Å². The van der Waals surface area contributed by atoms with E-state index in [1.165, 1.54) is 0 Å². The van der Waals surface area contributed by atoms with Gasteiger partial charge < -0.3 is 5.11 Å². The maximum Gasteiger partial charge on any atom is 0.130 e. The predicted molar refractivity (Wildman–Crippen MR) is 69.2 cm³/mol. The third-order valence-electron chi connectivity index (χ3n) is 3.85. The minimum atomic E-state index is -0.610. The van der Waals surface area contributed by atoms with Gasteiger partial charge in [-0.05, 0) is 31.6 Å². The van der Waals surface area contributed by atoms with Gasteiger partial charge in [0.15, 0.2) is 0 Å². The van der Waals surface area contributed by atoms with Gasteiger partial charge in [0, 0.05) is 19.0 Å². The molecule has 96 valence electrons. The standard InChI is InChI=1S/C13H21ClN2O/c1-9-10(11(14)16(4)15-9)7-13(17)6-5-12(2,3)8-13/h17H,5-8H2,1-4H3. The first-order chi connectivity index (χ1) is 7.72. The minimum absolute atomic E-state index is 0.233. The van der Waals surface area contributed by atoms with E-state index in [1.54, 1.807) is 4.68 Å². The minimum Gasteiger partial charge on any atom is -0.390 e. The number of halogens is 1. The Bertz CT molecular complexity index is 439. The number of hydrogen-bond acceptors (Lipinski definition) is 2. The summed E-state index contributed by atoms with van der Waals surface area (Å²) >= 11 is 6.21. The number of nitrogens with zero attached hydrogens (tertiary/aromatic N) is 2. The van der Waals surface area contributed by atoms with Crippen molar-refractivity contribution < 1.29 is 5.11 Å². The third-order valence-corrected chi connectivity index (χ3v) is 4.32. The van der Waals surface area contributed by atoms with E-state index in [9.17, 15) is 5.11 Å². The van der Waals surface area contributed by atoms with E-state index in [0.717, 1.165) is 30.5 Å². The van der Waals surface area contributed by atoms with Crippen molar-refractivity contribution in [2.75, 3.05) is 0 Å². The monoisotopic (exact) mass is 256 g/mol. The fourth-order valence-corrected chi connectivity index (χ4v) is 3.23. The Morgan fingerprint density at radius 1 is 1.41 bits per heavy atom. The molecular weight excluding hydrogens is 236 g/mol. The van der Waals surface area contributed by atoms with Crippen LogP contribution in [0.25, 0.3) is 0 Å². The fourth-order valence-electron chi connectivity index (χ4n) is 2.99. The lowest BCUT2D eigenvalue weighted by Crippen LogP contribution is -2.29. The molecule has 1 unspecified atom stereocenters. The second kappa shape index (κ2) is 3.99. The van der Waals surface area contributed by atoms with Crippen LogP contribution in [-0.2, 0) is 13.5 Å². The van der Waals surface area contributed by atoms with Crippen molar-refractivity contribution in [3.05, 3.63) is 16.4 Å². The van der Waals surface area contributed by atoms with Crippen LogP contribution >= 0.6 is 11.6 Å². The Labute approximate surface area is 108 Å². The molecule has 17 heavy (non-hydrogen) atoms. The number of aryl methyl sites for hydroxylation is 2. The van der Waals surface area contributed by atoms with E-state index < -0.39 is 5.60 Å². The largest absolute Gasteiger partial charge is 0.390 e. The molecule has 0 amide bonds. The summed E-state index contributed by atoms with van der Waals surface area (Å²) in [6, 6.07) is 0. The molecule has 1 atom stereocenters. The van der Waals surface area contributed by atoms with E-state index in [0.29, 0.717) is 11.6 Å². The van der Waals surface area contributed by atoms with Crippen LogP contribution in [0, 0.1) is 12.3 Å². The first kappa shape index (κ1) is 12.9. The molecule has 4 heteroatoms. The number of rotatable bonds is 2. The van der Waals surface area contributed by atoms with E-state index in [4.69, 9.17) is 11.6 Å². The zero-order valence-corrected chi connectivity index (χ0v) is 11.8. The Kier molecular flexibility index (Phi) is 3.03. The topological polar surface area (TPSA) is 38.0 Å². The summed E-state index contributed by atoms with van der Waals surface area (Å²) in [6.45, 7) is 6.37. The van der Waals surface area contributed by atoms with Gasteiger partial charge in [0.2, 0.25) is 0 Å². The summed E-state index contributed by atoms with van der Waals surface area (Å²) in [6.07, 6.45) is 3.38. The van der Waals surface area contributed by atoms with Crippen LogP contribution in [0.15, 0.2) is 0 Å². The summed E-state index contributed by atoms with van der Waals surface area (Å²) < 4.78 is 1.68. The van der Waals surface area contributed by atoms with Crippen LogP contribution in [-0.4, -0.2) is 20.5 Å². The van der Waals surface area contributed by atoms with Gasteiger partial charge in [0.25, 0.3) is 0 Å². The maximum atomic E-state index is 10.6. The van der Waals surface area contributed by atoms with Gasteiger partial charge in [0.05, 0.1) is 11.3 Å². The normalized spacial score (nSPS) is 27.6. The van der Waals surface area contributed by atoms with Crippen molar-refractivity contribution in [2.24, 2.45) is 12.5 Å². The van der Waals surface area contributed by atoms with Crippen LogP contribution in [0.3, 0.4) is 0 Å². The van der Waals surface area contributed by atoms with Crippen molar-refractivity contribution in [3.8, 4) is 0 Å². The van der Waals surface area contributed by atoms with Gasteiger partial charge in [0.1, 0.15) is 5.15 Å². The SMILES string of the molecule is Cc1nn(C)c(Cl)c1CC1(O)CCC(C)(C)C1. The maximum absolute atomic E-state index is 10.6. The lowest BCUT2D eigenvalue weighted by molar-refractivity contribution is 0.0377. The van der Waals surface area contributed by atoms with Crippen molar-refractivity contribution >= 4 is 11.6 Å². The van der Waals surface area contributed by atoms with Gasteiger partial charge in [-0.2, -0.15) is 5.10 Å². The lowest BCUT2D eigenvalue weighted by Gasteiger charge is -2.25. The highest BCUT2D eigenvalue weighted by Gasteiger charge is 2.42. The molecule has 1 aliphatic carbocycles. The van der Waals surface area contributed by atoms with Gasteiger partial charge in [-0.3, -0.25) is 4.68 Å². The Balaban J connectivity index is 2.22. The second-order valence-corrected chi connectivity index (χ2v) is 6.58. The highest BCUT2D eigenvalue weighted by molar-refractivity contribution is 6.30. The Morgan fingerprint density at radius 2 is 2.06 bits per heavy atom. The number of hydrogen-bond donors (Lipinski definition) is 1. The number of aromatic nitrogens is 2. The average molecular weight is 257 g/mol. The molecular formula is C13H21ClN2O. The zero-order valence-electron chi connectivity index (χ0n) is 11.0. The van der Waals surface area contributed by atoms with Gasteiger partial charge >= 0.3 is 0 Å². The van der Waals surface area contributed by atoms with Gasteiger partial charge in [-0.1, -0.05) is 25.4 Å². The molecule has 2 rings (SSSR count). The number of aliphatic hydroxyl groups is 1. The molecule has 1 N–H and O–H groups in total. The first-order valence-corrected chi connectivity index (χ1v) is 6.51. The second-order valence-electron chi connectivity index (χ2n) is 6.22. The molecule has 1 aliphatic rings. The molecule has 0 bridgehead atoms. The summed E-state index contributed by atoms with van der Waals surface area (Å²) in [4.78, 5) is 0. The summed E-state index contributed by atoms with van der Waals surface area (Å²) in [5, 5.41) is 15.6. The van der Waals surface area contributed by atoms with Gasteiger partial charge in [-0.25, -0.2) is 0 Å². The molecule has 3 nitrogen and oxygen atoms in total. The lowest BCUT2D eigenvalue weighted by atomic mass is 9.86. The van der Waals surface area contributed by atoms with Crippen molar-refractivity contribution in [3.63, 3.8) is 0 Å². The first-order valence-electron chi connectivity index (χ1n) is 6.13. The predicted octanol–water partition coefficient (Wildman–Crippen LogP) is 2.87. The summed E-state index contributed by atoms with van der Waals surface area (Å²) in [5.74, 6) is 0. The highest BCUT2D eigenvalue weighted by atomic mass is 35.5. The van der Waals surface area contributed by atoms with Crippen LogP contribution in [0.1, 0.15) is 44.4 Å². The molecule has 1 aromatic heterocycles. The molecule has 1 heterocycles. The van der Waals surface area contributed by atoms with Crippen LogP contribution in [0.5, 0.6) is 0 Å². The molecule has 0 saturated heterocycles. The quantitative estimate of drug-likeness (QED) is 0.884. The van der Waals surface area contributed by atoms with Crippen molar-refractivity contribution in [2.45, 2.75) is 52.1 Å². The molecule has 1 fully saturated rings. The average Bonchev–Trinajstić information content (AvgIpc) is 2.59. The fraction of sp³-hybridized carbons (Fsp3) is 0.769. The Hall–Kier alpha value is -0.540. The van der Waals surface area contributed by atoms with Crippen molar-refractivity contribution in [1.82, 2.24) is 9.78 Å². The third kappa shape index (κ3) is 2.50. The summed E-state index contributed by atoms with van der Waals surface area (Å²) in [7, 11) is 1.83. The van der Waals surface area contributed by atoms with E-state index in [2.05, 4.69) is 18.9 Å². The molecule has 0 aromatic carbocycles. The van der Waals surface area contributed by atoms with Crippen LogP contribution in [0.4, 0.5) is 0 Å². The molecule has 0 aliphatic heterocycles. The van der Waals surface area contributed by atoms with Crippen LogP contribution < -0.4 is 0 Å². The molecule has 0 spiro atoms. The smallest absolute Gasteiger partial charge is 0.130 e. The van der Waals surface area contributed by atoms with Crippen molar-refractivity contribution in [1.29, 1.82) is 0 Å². The highest BCUT2D eigenvalue weighted by Crippen LogP contribution is 2.45.